The Hall–Kier alpha value is -2.93. The fraction of sp³-hybridized carbons (Fsp3) is 0. The van der Waals surface area contributed by atoms with E-state index in [4.69, 9.17) is 3.06 Å². The number of nitrogens with zero attached hydrogens (tertiary/aromatic N) is 3. The number of hydrogen-bond donors (Lipinski definition) is 0. The molecule has 0 radical (unpaired) electrons. The van der Waals surface area contributed by atoms with Gasteiger partial charge >= 0.3 is 167 Å². The van der Waals surface area contributed by atoms with Crippen LogP contribution in [0.1, 0.15) is 0 Å². The van der Waals surface area contributed by atoms with Crippen molar-refractivity contribution in [3.05, 3.63) is 132 Å². The third kappa shape index (κ3) is 2.58. The zero-order valence-electron chi connectivity index (χ0n) is 15.3. The van der Waals surface area contributed by atoms with Crippen molar-refractivity contribution in [2.24, 2.45) is 3.06 Å². The van der Waals surface area contributed by atoms with Crippen LogP contribution >= 0.6 is 0 Å². The Morgan fingerprint density at radius 1 is 0.464 bits per heavy atom. The summed E-state index contributed by atoms with van der Waals surface area (Å²) in [5, 5.41) is 0. The molecule has 28 heavy (non-hydrogen) atoms. The Balaban J connectivity index is 2.34. The molecule has 0 saturated heterocycles. The first-order valence-electron chi connectivity index (χ1n) is 9.14. The molecule has 0 bridgehead atoms. The number of hydrogen-bond acceptors (Lipinski definition) is 1. The van der Waals surface area contributed by atoms with Gasteiger partial charge in [0.1, 0.15) is 0 Å². The monoisotopic (exact) mass is 559 g/mol. The molecule has 136 valence electrons. The van der Waals surface area contributed by atoms with E-state index >= 15 is 0 Å². The zero-order valence-corrected chi connectivity index (χ0v) is 18.8. The van der Waals surface area contributed by atoms with E-state index in [1.54, 1.807) is 0 Å². The van der Waals surface area contributed by atoms with Gasteiger partial charge in [0, 0.05) is 0 Å². The van der Waals surface area contributed by atoms with Crippen LogP contribution < -0.4 is 13.1 Å². The number of benzene rings is 4. The minimum atomic E-state index is -4.99. The van der Waals surface area contributed by atoms with E-state index in [9.17, 15) is 5.53 Å². The predicted molar refractivity (Wildman–Crippen MR) is 119 cm³/mol. The van der Waals surface area contributed by atoms with Crippen LogP contribution in [0.4, 0.5) is 0 Å². The molecule has 0 saturated carbocycles. The van der Waals surface area contributed by atoms with Crippen LogP contribution in [-0.4, -0.2) is 19.1 Å². The molecule has 0 aromatic heterocycles. The molecular weight excluding hydrogens is 539 g/mol. The van der Waals surface area contributed by atoms with Gasteiger partial charge in [-0.25, -0.2) is 0 Å². The summed E-state index contributed by atoms with van der Waals surface area (Å²) >= 11 is -4.99. The average molecular weight is 559 g/mol. The second-order valence-corrected chi connectivity index (χ2v) is 23.6. The summed E-state index contributed by atoms with van der Waals surface area (Å²) in [7, 11) is 0. The van der Waals surface area contributed by atoms with Crippen molar-refractivity contribution >= 4 is 32.2 Å². The average Bonchev–Trinajstić information content (AvgIpc) is 2.80. The van der Waals surface area contributed by atoms with E-state index in [-0.39, 0.29) is 0 Å². The van der Waals surface area contributed by atoms with Crippen molar-refractivity contribution in [3.8, 4) is 0 Å². The Morgan fingerprint density at radius 3 is 0.929 bits per heavy atom. The molecule has 0 aliphatic carbocycles. The van der Waals surface area contributed by atoms with Gasteiger partial charge in [0.15, 0.2) is 0 Å². The summed E-state index contributed by atoms with van der Waals surface area (Å²) in [5.74, 6) is 0. The molecule has 0 amide bonds. The normalized spacial score (nSPS) is 12.4. The van der Waals surface area contributed by atoms with Gasteiger partial charge in [0.2, 0.25) is 0 Å². The van der Waals surface area contributed by atoms with Crippen LogP contribution in [0, 0.1) is 0 Å². The minimum absolute atomic E-state index is 1.11. The Labute approximate surface area is 166 Å². The van der Waals surface area contributed by atoms with E-state index in [2.05, 4.69) is 53.4 Å². The molecule has 0 spiro atoms. The summed E-state index contributed by atoms with van der Waals surface area (Å²) in [6.07, 6.45) is 0. The summed E-state index contributed by atoms with van der Waals surface area (Å²) in [6, 6.07) is 41.2. The maximum absolute atomic E-state index is 9.92. The van der Waals surface area contributed by atoms with Crippen molar-refractivity contribution < 1.29 is 0 Å². The first kappa shape index (κ1) is 18.4. The fourth-order valence-corrected chi connectivity index (χ4v) is 24.9. The third-order valence-corrected chi connectivity index (χ3v) is 27.2. The summed E-state index contributed by atoms with van der Waals surface area (Å²) < 4.78 is 9.29. The van der Waals surface area contributed by atoms with Crippen LogP contribution in [0.5, 0.6) is 0 Å². The molecule has 0 unspecified atom stereocenters. The summed E-state index contributed by atoms with van der Waals surface area (Å²) in [4.78, 5) is 3.51. The van der Waals surface area contributed by atoms with Crippen LogP contribution in [0.15, 0.2) is 124 Å². The van der Waals surface area contributed by atoms with E-state index < -0.39 is 19.1 Å². The molecule has 0 aliphatic heterocycles. The van der Waals surface area contributed by atoms with Crippen molar-refractivity contribution in [2.45, 2.75) is 0 Å². The molecule has 4 heteroatoms. The molecule has 4 rings (SSSR count). The van der Waals surface area contributed by atoms with Gasteiger partial charge in [-0.3, -0.25) is 0 Å². The standard InChI is InChI=1S/4C6H5.Bi.N3/c4*1-2-4-6-5-3-1;;1-3-2/h4*1-5H;;/q;;;;+1;-1. The molecule has 4 aromatic carbocycles. The van der Waals surface area contributed by atoms with Crippen LogP contribution in [-0.2, 0) is 0 Å². The molecule has 0 atom stereocenters. The van der Waals surface area contributed by atoms with Gasteiger partial charge in [0.05, 0.1) is 0 Å². The van der Waals surface area contributed by atoms with Gasteiger partial charge in [-0.2, -0.15) is 0 Å². The predicted octanol–water partition coefficient (Wildman–Crippen LogP) is 3.83. The first-order valence-corrected chi connectivity index (χ1v) is 17.6. The molecule has 0 aliphatic rings. The molecule has 0 fully saturated rings. The Bertz CT molecular complexity index is 938. The van der Waals surface area contributed by atoms with Crippen LogP contribution in [0.25, 0.3) is 10.4 Å². The molecule has 3 nitrogen and oxygen atoms in total. The molecule has 4 aromatic rings. The molecule has 0 N–H and O–H groups in total. The van der Waals surface area contributed by atoms with Crippen molar-refractivity contribution in [1.29, 1.82) is 0 Å². The third-order valence-electron chi connectivity index (χ3n) is 5.25. The second-order valence-electron chi connectivity index (χ2n) is 6.59. The van der Waals surface area contributed by atoms with E-state index in [0.29, 0.717) is 0 Å². The van der Waals surface area contributed by atoms with Gasteiger partial charge < -0.3 is 0 Å². The number of azide groups is 1. The molecular formula is C24H20BiN3. The van der Waals surface area contributed by atoms with Gasteiger partial charge in [-0.1, -0.05) is 0 Å². The maximum atomic E-state index is 9.92. The van der Waals surface area contributed by atoms with Gasteiger partial charge in [-0.05, 0) is 0 Å². The van der Waals surface area contributed by atoms with Crippen molar-refractivity contribution in [1.82, 2.24) is 0 Å². The van der Waals surface area contributed by atoms with E-state index in [1.807, 2.05) is 72.8 Å². The molecule has 0 heterocycles. The summed E-state index contributed by atoms with van der Waals surface area (Å²) in [6.45, 7) is 0. The van der Waals surface area contributed by atoms with Gasteiger partial charge in [0.25, 0.3) is 0 Å². The van der Waals surface area contributed by atoms with E-state index in [1.165, 1.54) is 0 Å². The fourth-order valence-electron chi connectivity index (χ4n) is 4.05. The van der Waals surface area contributed by atoms with Gasteiger partial charge in [-0.15, -0.1) is 0 Å². The zero-order chi connectivity index (χ0) is 19.3. The summed E-state index contributed by atoms with van der Waals surface area (Å²) in [5.41, 5.74) is 9.92. The Kier molecular flexibility index (Phi) is 5.00. The Morgan fingerprint density at radius 2 is 0.714 bits per heavy atom. The first-order chi connectivity index (χ1) is 13.8. The van der Waals surface area contributed by atoms with Crippen molar-refractivity contribution in [2.75, 3.05) is 0 Å². The topological polar surface area (TPSA) is 48.8 Å². The van der Waals surface area contributed by atoms with Crippen LogP contribution in [0.2, 0.25) is 0 Å². The van der Waals surface area contributed by atoms with Crippen molar-refractivity contribution in [3.63, 3.8) is 0 Å². The van der Waals surface area contributed by atoms with Crippen LogP contribution in [0.3, 0.4) is 0 Å². The second kappa shape index (κ2) is 7.60. The van der Waals surface area contributed by atoms with E-state index in [0.717, 1.165) is 13.1 Å². The number of rotatable bonds is 5. The quantitative estimate of drug-likeness (QED) is 0.155. The SMILES string of the molecule is [N-]=[N+]=[N][Bi]([c]1ccccc1)([c]1ccccc1)([c]1ccccc1)[c]1ccccc1.